The number of unbranched alkanes of at least 4 members (excludes halogenated alkanes) is 1. The smallest absolute Gasteiger partial charge is 0 e. The Morgan fingerprint density at radius 3 is 2.00 bits per heavy atom. The molecule has 0 fully saturated rings. The zero-order valence-corrected chi connectivity index (χ0v) is 9.59. The van der Waals surface area contributed by atoms with E-state index in [4.69, 9.17) is 6.58 Å². The van der Waals surface area contributed by atoms with E-state index in [9.17, 15) is 0 Å². The van der Waals surface area contributed by atoms with Crippen LogP contribution in [0.5, 0.6) is 0 Å². The summed E-state index contributed by atoms with van der Waals surface area (Å²) in [6.45, 7) is 16.1. The van der Waals surface area contributed by atoms with E-state index in [0.29, 0.717) is 0 Å². The van der Waals surface area contributed by atoms with Crippen LogP contribution < -0.4 is 0 Å². The van der Waals surface area contributed by atoms with Crippen molar-refractivity contribution in [1.82, 2.24) is 0 Å². The van der Waals surface area contributed by atoms with Crippen LogP contribution in [0.25, 0.3) is 0 Å². The van der Waals surface area contributed by atoms with Crippen molar-refractivity contribution in [3.8, 4) is 0 Å². The molecule has 0 atom stereocenters. The van der Waals surface area contributed by atoms with Crippen molar-refractivity contribution in [3.05, 3.63) is 49.6 Å². The van der Waals surface area contributed by atoms with Gasteiger partial charge in [-0.05, 0) is 0 Å². The Morgan fingerprint density at radius 1 is 1.31 bits per heavy atom. The van der Waals surface area contributed by atoms with Crippen LogP contribution in [0.15, 0.2) is 43.0 Å². The average molecular weight is 222 g/mol. The molecule has 0 aromatic carbocycles. The van der Waals surface area contributed by atoms with E-state index < -0.39 is 0 Å². The molecule has 0 bridgehead atoms. The molecule has 0 saturated carbocycles. The van der Waals surface area contributed by atoms with Crippen LogP contribution in [0.3, 0.4) is 0 Å². The predicted octanol–water partition coefficient (Wildman–Crippen LogP) is 4.08. The third kappa shape index (κ3) is 24.6. The summed E-state index contributed by atoms with van der Waals surface area (Å²) in [7, 11) is 0. The van der Waals surface area contributed by atoms with Gasteiger partial charge in [-0.2, -0.15) is 6.08 Å². The summed E-state index contributed by atoms with van der Waals surface area (Å²) < 4.78 is 0. The second-order valence-electron chi connectivity index (χ2n) is 2.37. The molecular formula is C12H19Co-. The van der Waals surface area contributed by atoms with Crippen molar-refractivity contribution in [2.24, 2.45) is 0 Å². The second-order valence-corrected chi connectivity index (χ2v) is 2.37. The monoisotopic (exact) mass is 222 g/mol. The Bertz CT molecular complexity index is 149. The van der Waals surface area contributed by atoms with Gasteiger partial charge in [-0.1, -0.05) is 45.1 Å². The molecule has 0 aliphatic carbocycles. The van der Waals surface area contributed by atoms with Gasteiger partial charge in [0.25, 0.3) is 0 Å². The van der Waals surface area contributed by atoms with Crippen LogP contribution in [0.4, 0.5) is 0 Å². The Kier molecular flexibility index (Phi) is 24.7. The molecular weight excluding hydrogens is 203 g/mol. The summed E-state index contributed by atoms with van der Waals surface area (Å²) in [4.78, 5) is 0. The van der Waals surface area contributed by atoms with Crippen molar-refractivity contribution in [3.63, 3.8) is 0 Å². The fourth-order valence-corrected chi connectivity index (χ4v) is 0.440. The Labute approximate surface area is 93.3 Å². The van der Waals surface area contributed by atoms with Crippen LogP contribution >= 0.6 is 0 Å². The van der Waals surface area contributed by atoms with Crippen LogP contribution in [0.1, 0.15) is 26.7 Å². The molecule has 0 amide bonds. The third-order valence-corrected chi connectivity index (χ3v) is 1.18. The number of hydrogen-bond donors (Lipinski definition) is 0. The maximum atomic E-state index is 5.22. The third-order valence-electron chi connectivity index (χ3n) is 1.18. The van der Waals surface area contributed by atoms with Crippen LogP contribution in [0, 0.1) is 6.58 Å². The number of hydrogen-bond acceptors (Lipinski definition) is 0. The standard InChI is InChI=1S/C8H13.C4H6.Co/c1-4-6-7-8(3)5-2;1-3-4-2;/h2,5,7H,4,6H2,1,3H3;3-4H,1-2H2;/q-1;;. The first-order valence-corrected chi connectivity index (χ1v) is 4.18. The Balaban J connectivity index is -0.000000173. The van der Waals surface area contributed by atoms with E-state index in [0.717, 1.165) is 6.42 Å². The molecule has 1 radical (unpaired) electrons. The van der Waals surface area contributed by atoms with E-state index in [2.05, 4.69) is 26.2 Å². The van der Waals surface area contributed by atoms with Crippen molar-refractivity contribution >= 4 is 0 Å². The summed E-state index contributed by atoms with van der Waals surface area (Å²) in [6.07, 6.45) is 9.39. The van der Waals surface area contributed by atoms with Crippen molar-refractivity contribution in [1.29, 1.82) is 0 Å². The molecule has 0 aliphatic rings. The number of rotatable bonds is 4. The molecule has 1 heteroatoms. The summed E-state index contributed by atoms with van der Waals surface area (Å²) in [5, 5.41) is 0. The zero-order valence-electron chi connectivity index (χ0n) is 8.55. The average Bonchev–Trinajstić information content (AvgIpc) is 2.14. The van der Waals surface area contributed by atoms with Gasteiger partial charge in [-0.15, -0.1) is 6.92 Å². The Morgan fingerprint density at radius 2 is 1.77 bits per heavy atom. The van der Waals surface area contributed by atoms with Crippen LogP contribution in [-0.2, 0) is 16.8 Å². The minimum Gasteiger partial charge on any atom is -0.293 e. The molecule has 0 heterocycles. The number of allylic oxidation sites excluding steroid dienone is 5. The summed E-state index contributed by atoms with van der Waals surface area (Å²) >= 11 is 0. The van der Waals surface area contributed by atoms with Gasteiger partial charge in [0.1, 0.15) is 0 Å². The summed E-state index contributed by atoms with van der Waals surface area (Å²) in [5.41, 5.74) is 1.17. The molecule has 0 unspecified atom stereocenters. The second kappa shape index (κ2) is 17.5. The SMILES string of the molecule is C=CC=C.[CH-]=CC(C)=CCCC.[Co]. The molecule has 0 nitrogen and oxygen atoms in total. The molecule has 0 aromatic rings. The van der Waals surface area contributed by atoms with Crippen LogP contribution in [-0.4, -0.2) is 0 Å². The Hall–Kier alpha value is -0.534. The van der Waals surface area contributed by atoms with Gasteiger partial charge in [-0.25, -0.2) is 11.6 Å². The van der Waals surface area contributed by atoms with Gasteiger partial charge in [-0.3, -0.25) is 6.58 Å². The molecule has 0 saturated heterocycles. The fraction of sp³-hybridized carbons (Fsp3) is 0.333. The zero-order chi connectivity index (χ0) is 9.82. The van der Waals surface area contributed by atoms with E-state index in [1.54, 1.807) is 18.2 Å². The van der Waals surface area contributed by atoms with E-state index in [1.165, 1.54) is 12.0 Å². The van der Waals surface area contributed by atoms with Gasteiger partial charge in [0.15, 0.2) is 0 Å². The van der Waals surface area contributed by atoms with Crippen molar-refractivity contribution in [2.75, 3.05) is 0 Å². The first kappa shape index (κ1) is 18.3. The van der Waals surface area contributed by atoms with E-state index in [1.807, 2.05) is 6.92 Å². The normalized spacial score (nSPS) is 8.62. The molecule has 0 aliphatic heterocycles. The van der Waals surface area contributed by atoms with E-state index in [-0.39, 0.29) is 16.8 Å². The summed E-state index contributed by atoms with van der Waals surface area (Å²) in [6, 6.07) is 0. The summed E-state index contributed by atoms with van der Waals surface area (Å²) in [5.74, 6) is 0. The first-order chi connectivity index (χ1) is 5.72. The first-order valence-electron chi connectivity index (χ1n) is 4.18. The van der Waals surface area contributed by atoms with E-state index >= 15 is 0 Å². The molecule has 77 valence electrons. The molecule has 0 aromatic heterocycles. The maximum Gasteiger partial charge on any atom is 0 e. The largest absolute Gasteiger partial charge is 0.293 e. The fourth-order valence-electron chi connectivity index (χ4n) is 0.440. The topological polar surface area (TPSA) is 0 Å². The predicted molar refractivity (Wildman–Crippen MR) is 57.9 cm³/mol. The van der Waals surface area contributed by atoms with Gasteiger partial charge >= 0.3 is 0 Å². The minimum atomic E-state index is 0. The van der Waals surface area contributed by atoms with Gasteiger partial charge in [0.05, 0.1) is 0 Å². The maximum absolute atomic E-state index is 5.22. The van der Waals surface area contributed by atoms with Crippen molar-refractivity contribution in [2.45, 2.75) is 26.7 Å². The van der Waals surface area contributed by atoms with Gasteiger partial charge in [0, 0.05) is 16.8 Å². The van der Waals surface area contributed by atoms with Crippen LogP contribution in [0.2, 0.25) is 0 Å². The van der Waals surface area contributed by atoms with Crippen molar-refractivity contribution < 1.29 is 16.8 Å². The molecule has 0 spiro atoms. The quantitative estimate of drug-likeness (QED) is 0.496. The molecule has 13 heavy (non-hydrogen) atoms. The minimum absolute atomic E-state index is 0. The van der Waals surface area contributed by atoms with Gasteiger partial charge in [0.2, 0.25) is 0 Å². The molecule has 0 rings (SSSR count). The van der Waals surface area contributed by atoms with Gasteiger partial charge < -0.3 is 0 Å². The molecule has 0 N–H and O–H groups in total.